The summed E-state index contributed by atoms with van der Waals surface area (Å²) < 4.78 is 11.6. The van der Waals surface area contributed by atoms with Gasteiger partial charge in [0.1, 0.15) is 23.4 Å². The number of nitrogen functional groups attached to an aromatic ring is 1. The Bertz CT molecular complexity index is 1080. The van der Waals surface area contributed by atoms with Gasteiger partial charge in [-0.25, -0.2) is 4.79 Å². The maximum atomic E-state index is 11.8. The zero-order chi connectivity index (χ0) is 20.4. The second kappa shape index (κ2) is 10.5. The van der Waals surface area contributed by atoms with Crippen LogP contribution in [0, 0.1) is 5.41 Å². The number of carboxylic acid groups (broad SMARTS) is 1. The Morgan fingerprint density at radius 2 is 2.03 bits per heavy atom. The number of furan rings is 1. The van der Waals surface area contributed by atoms with Crippen LogP contribution in [0.3, 0.4) is 0 Å². The van der Waals surface area contributed by atoms with E-state index in [9.17, 15) is 9.90 Å². The van der Waals surface area contributed by atoms with Crippen molar-refractivity contribution in [1.82, 2.24) is 5.32 Å². The van der Waals surface area contributed by atoms with Crippen LogP contribution in [0.1, 0.15) is 33.7 Å². The van der Waals surface area contributed by atoms with Crippen LogP contribution in [0.4, 0.5) is 0 Å². The van der Waals surface area contributed by atoms with Gasteiger partial charge in [-0.1, -0.05) is 18.2 Å². The average molecular weight is 466 g/mol. The molecule has 1 aliphatic heterocycles. The second-order valence-corrected chi connectivity index (χ2v) is 7.23. The lowest BCUT2D eigenvalue weighted by molar-refractivity contribution is 0.0694. The molecule has 0 aliphatic carbocycles. The highest BCUT2D eigenvalue weighted by molar-refractivity contribution is 5.99. The molecule has 1 atom stereocenters. The van der Waals surface area contributed by atoms with Crippen LogP contribution < -0.4 is 15.8 Å². The summed E-state index contributed by atoms with van der Waals surface area (Å²) in [4.78, 5) is 11.8. The van der Waals surface area contributed by atoms with Crippen molar-refractivity contribution in [2.75, 3.05) is 13.1 Å². The molecule has 7 nitrogen and oxygen atoms in total. The Balaban J connectivity index is 0.00000171. The average Bonchev–Trinajstić information content (AvgIpc) is 3.36. The van der Waals surface area contributed by atoms with E-state index in [1.807, 2.05) is 24.3 Å². The Hall–Kier alpha value is -2.74. The number of nitrogens with one attached hydrogen (secondary N) is 2. The van der Waals surface area contributed by atoms with E-state index in [-0.39, 0.29) is 42.3 Å². The van der Waals surface area contributed by atoms with Crippen molar-refractivity contribution in [3.05, 3.63) is 65.1 Å². The number of halogens is 2. The van der Waals surface area contributed by atoms with Crippen molar-refractivity contribution in [1.29, 1.82) is 5.41 Å². The second-order valence-electron chi connectivity index (χ2n) is 7.23. The van der Waals surface area contributed by atoms with Crippen molar-refractivity contribution in [2.45, 2.75) is 25.4 Å². The van der Waals surface area contributed by atoms with Crippen molar-refractivity contribution in [3.63, 3.8) is 0 Å². The van der Waals surface area contributed by atoms with Gasteiger partial charge in [-0.2, -0.15) is 0 Å². The molecule has 0 saturated carbocycles. The molecule has 4 rings (SSSR count). The third-order valence-electron chi connectivity index (χ3n) is 5.24. The SMILES string of the molecule is Cl.Cl.N=C(N)c1ccc2c(CCc3ccc(O[C@H]4CCNC4)cc3C(=O)O)occ2c1. The molecule has 166 valence electrons. The summed E-state index contributed by atoms with van der Waals surface area (Å²) >= 11 is 0. The minimum Gasteiger partial charge on any atom is -0.489 e. The van der Waals surface area contributed by atoms with E-state index in [4.69, 9.17) is 20.3 Å². The number of hydrogen-bond donors (Lipinski definition) is 4. The summed E-state index contributed by atoms with van der Waals surface area (Å²) in [5, 5.41) is 22.2. The number of aryl methyl sites for hydroxylation is 2. The lowest BCUT2D eigenvalue weighted by Gasteiger charge is -2.14. The number of amidine groups is 1. The third-order valence-corrected chi connectivity index (χ3v) is 5.24. The Morgan fingerprint density at radius 1 is 1.23 bits per heavy atom. The fourth-order valence-electron chi connectivity index (χ4n) is 3.69. The maximum Gasteiger partial charge on any atom is 0.336 e. The number of carboxylic acids is 1. The van der Waals surface area contributed by atoms with Crippen molar-refractivity contribution < 1.29 is 19.1 Å². The van der Waals surface area contributed by atoms with Crippen LogP contribution in [0.5, 0.6) is 5.75 Å². The smallest absolute Gasteiger partial charge is 0.336 e. The molecule has 1 aliphatic rings. The molecule has 9 heteroatoms. The van der Waals surface area contributed by atoms with Gasteiger partial charge in [-0.3, -0.25) is 5.41 Å². The first-order valence-corrected chi connectivity index (χ1v) is 9.59. The van der Waals surface area contributed by atoms with E-state index in [0.717, 1.165) is 41.6 Å². The van der Waals surface area contributed by atoms with Gasteiger partial charge in [0.25, 0.3) is 0 Å². The molecule has 5 N–H and O–H groups in total. The number of hydrogen-bond acceptors (Lipinski definition) is 5. The summed E-state index contributed by atoms with van der Waals surface area (Å²) in [5.74, 6) is 0.408. The highest BCUT2D eigenvalue weighted by Crippen LogP contribution is 2.26. The summed E-state index contributed by atoms with van der Waals surface area (Å²) in [5.41, 5.74) is 7.17. The van der Waals surface area contributed by atoms with Gasteiger partial charge in [-0.05, 0) is 43.1 Å². The molecule has 1 fully saturated rings. The van der Waals surface area contributed by atoms with Crippen molar-refractivity contribution in [2.24, 2.45) is 5.73 Å². The summed E-state index contributed by atoms with van der Waals surface area (Å²) in [6.07, 6.45) is 3.74. The third kappa shape index (κ3) is 5.50. The van der Waals surface area contributed by atoms with Crippen LogP contribution in [-0.2, 0) is 12.8 Å². The predicted octanol–water partition coefficient (Wildman–Crippen LogP) is 3.78. The fourth-order valence-corrected chi connectivity index (χ4v) is 3.69. The van der Waals surface area contributed by atoms with Crippen LogP contribution >= 0.6 is 24.8 Å². The Labute approximate surface area is 192 Å². The minimum absolute atomic E-state index is 0. The molecule has 1 aromatic heterocycles. The molecule has 1 saturated heterocycles. The number of fused-ring (bicyclic) bond motifs is 1. The lowest BCUT2D eigenvalue weighted by Crippen LogP contribution is -2.19. The van der Waals surface area contributed by atoms with Crippen LogP contribution in [0.15, 0.2) is 47.1 Å². The molecule has 0 unspecified atom stereocenters. The van der Waals surface area contributed by atoms with Gasteiger partial charge in [0.05, 0.1) is 11.8 Å². The molecule has 0 radical (unpaired) electrons. The van der Waals surface area contributed by atoms with Gasteiger partial charge in [0.15, 0.2) is 0 Å². The van der Waals surface area contributed by atoms with E-state index in [2.05, 4.69) is 5.32 Å². The first kappa shape index (κ1) is 24.5. The van der Waals surface area contributed by atoms with Crippen molar-refractivity contribution >= 4 is 47.4 Å². The lowest BCUT2D eigenvalue weighted by atomic mass is 10.00. The van der Waals surface area contributed by atoms with Crippen LogP contribution in [-0.4, -0.2) is 36.1 Å². The maximum absolute atomic E-state index is 11.8. The zero-order valence-corrected chi connectivity index (χ0v) is 18.4. The molecule has 2 aromatic carbocycles. The quantitative estimate of drug-likeness (QED) is 0.311. The number of aromatic carboxylic acids is 1. The van der Waals surface area contributed by atoms with Crippen molar-refractivity contribution in [3.8, 4) is 5.75 Å². The van der Waals surface area contributed by atoms with Gasteiger partial charge in [-0.15, -0.1) is 24.8 Å². The monoisotopic (exact) mass is 465 g/mol. The molecular formula is C22H25Cl2N3O4. The van der Waals surface area contributed by atoms with E-state index in [0.29, 0.717) is 24.2 Å². The van der Waals surface area contributed by atoms with E-state index < -0.39 is 5.97 Å². The minimum atomic E-state index is -0.967. The van der Waals surface area contributed by atoms with Crippen LogP contribution in [0.2, 0.25) is 0 Å². The molecule has 0 spiro atoms. The Kier molecular flexibility index (Phi) is 8.33. The number of nitrogens with two attached hydrogens (primary N) is 1. The summed E-state index contributed by atoms with van der Waals surface area (Å²) in [7, 11) is 0. The normalized spacial score (nSPS) is 15.2. The molecular weight excluding hydrogens is 441 g/mol. The topological polar surface area (TPSA) is 122 Å². The zero-order valence-electron chi connectivity index (χ0n) is 16.7. The highest BCUT2D eigenvalue weighted by atomic mass is 35.5. The standard InChI is InChI=1S/C22H23N3O4.2ClH/c23-21(24)14-2-5-18-15(9-14)12-28-20(18)6-3-13-1-4-16(10-19(13)22(26)27)29-17-7-8-25-11-17;;/h1-2,4-5,9-10,12,17,25H,3,6-8,11H2,(H3,23,24)(H,26,27);2*1H/t17-;;/m0../s1. The number of benzene rings is 2. The first-order chi connectivity index (χ1) is 14.0. The molecule has 31 heavy (non-hydrogen) atoms. The van der Waals surface area contributed by atoms with Gasteiger partial charge < -0.3 is 25.3 Å². The molecule has 0 bridgehead atoms. The van der Waals surface area contributed by atoms with E-state index in [1.54, 1.807) is 18.4 Å². The first-order valence-electron chi connectivity index (χ1n) is 9.59. The number of ether oxygens (including phenoxy) is 1. The van der Waals surface area contributed by atoms with Gasteiger partial charge in [0, 0.05) is 29.3 Å². The highest BCUT2D eigenvalue weighted by Gasteiger charge is 2.18. The number of carbonyl (C=O) groups is 1. The summed E-state index contributed by atoms with van der Waals surface area (Å²) in [6, 6.07) is 10.7. The summed E-state index contributed by atoms with van der Waals surface area (Å²) in [6.45, 7) is 1.70. The molecule has 3 aromatic rings. The molecule has 2 heterocycles. The van der Waals surface area contributed by atoms with Crippen LogP contribution in [0.25, 0.3) is 10.8 Å². The Morgan fingerprint density at radius 3 is 2.71 bits per heavy atom. The van der Waals surface area contributed by atoms with Gasteiger partial charge >= 0.3 is 5.97 Å². The molecule has 0 amide bonds. The number of rotatable bonds is 7. The van der Waals surface area contributed by atoms with E-state index in [1.165, 1.54) is 0 Å². The fraction of sp³-hybridized carbons (Fsp3) is 0.273. The largest absolute Gasteiger partial charge is 0.489 e. The van der Waals surface area contributed by atoms with Gasteiger partial charge in [0.2, 0.25) is 0 Å². The predicted molar refractivity (Wildman–Crippen MR) is 124 cm³/mol. The van der Waals surface area contributed by atoms with E-state index >= 15 is 0 Å².